The summed E-state index contributed by atoms with van der Waals surface area (Å²) in [5.74, 6) is 0. The smallest absolute Gasteiger partial charge is 0.0593 e. The topological polar surface area (TPSA) is 24.5 Å². The average molecular weight is 212 g/mol. The first-order chi connectivity index (χ1) is 7.45. The minimum absolute atomic E-state index is 0.842. The molecule has 1 aliphatic carbocycles. The molecule has 0 amide bonds. The summed E-state index contributed by atoms with van der Waals surface area (Å²) in [5.41, 5.74) is 0. The highest BCUT2D eigenvalue weighted by atomic mass is 16.5. The van der Waals surface area contributed by atoms with Crippen molar-refractivity contribution >= 4 is 0 Å². The number of nitrogens with zero attached hydrogens (tertiary/aromatic N) is 1. The lowest BCUT2D eigenvalue weighted by Crippen LogP contribution is -2.24. The number of hydrogen-bond acceptors (Lipinski definition) is 3. The van der Waals surface area contributed by atoms with Crippen molar-refractivity contribution in [2.75, 3.05) is 39.4 Å². The third-order valence-corrected chi connectivity index (χ3v) is 3.23. The van der Waals surface area contributed by atoms with Crippen LogP contribution < -0.4 is 5.32 Å². The number of ether oxygens (including phenoxy) is 1. The van der Waals surface area contributed by atoms with Crippen LogP contribution in [0.25, 0.3) is 0 Å². The van der Waals surface area contributed by atoms with Gasteiger partial charge < -0.3 is 15.0 Å². The van der Waals surface area contributed by atoms with E-state index in [0.29, 0.717) is 0 Å². The Morgan fingerprint density at radius 2 is 1.93 bits per heavy atom. The molecule has 0 aromatic carbocycles. The molecule has 0 radical (unpaired) electrons. The lowest BCUT2D eigenvalue weighted by molar-refractivity contribution is 0.109. The molecule has 2 fully saturated rings. The molecule has 15 heavy (non-hydrogen) atoms. The van der Waals surface area contributed by atoms with Gasteiger partial charge in [-0.2, -0.15) is 0 Å². The van der Waals surface area contributed by atoms with Gasteiger partial charge in [-0.05, 0) is 51.7 Å². The highest BCUT2D eigenvalue weighted by Gasteiger charge is 2.19. The quantitative estimate of drug-likeness (QED) is 0.613. The molecule has 1 aliphatic heterocycles. The summed E-state index contributed by atoms with van der Waals surface area (Å²) in [4.78, 5) is 2.50. The first-order valence-corrected chi connectivity index (χ1v) is 6.48. The lowest BCUT2D eigenvalue weighted by atomic mass is 10.4. The van der Waals surface area contributed by atoms with E-state index in [1.165, 1.54) is 38.8 Å². The molecular formula is C12H24N2O. The van der Waals surface area contributed by atoms with Crippen LogP contribution in [0.3, 0.4) is 0 Å². The molecule has 0 spiro atoms. The SMILES string of the molecule is C(CNC1CC1)COCCN1CCCC1. The van der Waals surface area contributed by atoms with Crippen molar-refractivity contribution in [3.8, 4) is 0 Å². The summed E-state index contributed by atoms with van der Waals surface area (Å²) in [6.07, 6.45) is 6.69. The van der Waals surface area contributed by atoms with Gasteiger partial charge in [-0.15, -0.1) is 0 Å². The van der Waals surface area contributed by atoms with Gasteiger partial charge in [-0.1, -0.05) is 0 Å². The molecule has 1 heterocycles. The van der Waals surface area contributed by atoms with E-state index in [9.17, 15) is 0 Å². The molecule has 1 saturated carbocycles. The Morgan fingerprint density at radius 1 is 1.13 bits per heavy atom. The summed E-state index contributed by atoms with van der Waals surface area (Å²) < 4.78 is 5.62. The number of rotatable bonds is 8. The monoisotopic (exact) mass is 212 g/mol. The highest BCUT2D eigenvalue weighted by Crippen LogP contribution is 2.18. The van der Waals surface area contributed by atoms with Crippen LogP contribution in [0.5, 0.6) is 0 Å². The fraction of sp³-hybridized carbons (Fsp3) is 1.00. The Kier molecular flexibility index (Phi) is 4.90. The first-order valence-electron chi connectivity index (χ1n) is 6.48. The minimum atomic E-state index is 0.842. The third kappa shape index (κ3) is 4.96. The predicted molar refractivity (Wildman–Crippen MR) is 62.1 cm³/mol. The van der Waals surface area contributed by atoms with E-state index in [4.69, 9.17) is 4.74 Å². The molecule has 0 bridgehead atoms. The molecule has 0 unspecified atom stereocenters. The molecule has 2 aliphatic rings. The maximum absolute atomic E-state index is 5.62. The van der Waals surface area contributed by atoms with Gasteiger partial charge in [0, 0.05) is 19.2 Å². The number of hydrogen-bond donors (Lipinski definition) is 1. The van der Waals surface area contributed by atoms with Crippen LogP contribution in [0.4, 0.5) is 0 Å². The van der Waals surface area contributed by atoms with E-state index in [2.05, 4.69) is 10.2 Å². The van der Waals surface area contributed by atoms with E-state index in [1.807, 2.05) is 0 Å². The fourth-order valence-corrected chi connectivity index (χ4v) is 2.07. The Bertz CT molecular complexity index is 165. The number of nitrogens with one attached hydrogen (secondary N) is 1. The van der Waals surface area contributed by atoms with Crippen molar-refractivity contribution in [1.82, 2.24) is 10.2 Å². The summed E-state index contributed by atoms with van der Waals surface area (Å²) >= 11 is 0. The van der Waals surface area contributed by atoms with Crippen LogP contribution in [0.2, 0.25) is 0 Å². The second-order valence-electron chi connectivity index (χ2n) is 4.74. The highest BCUT2D eigenvalue weighted by molar-refractivity contribution is 4.80. The Balaban J connectivity index is 1.32. The summed E-state index contributed by atoms with van der Waals surface area (Å²) in [6, 6.07) is 0.842. The van der Waals surface area contributed by atoms with Crippen molar-refractivity contribution in [3.63, 3.8) is 0 Å². The second kappa shape index (κ2) is 6.46. The molecule has 0 aromatic heterocycles. The fourth-order valence-electron chi connectivity index (χ4n) is 2.07. The standard InChI is InChI=1S/C12H24N2O/c1-2-8-14(7-1)9-11-15-10-3-6-13-12-4-5-12/h12-13H,1-11H2. The number of likely N-dealkylation sites (tertiary alicyclic amines) is 1. The van der Waals surface area contributed by atoms with Crippen LogP contribution in [0.15, 0.2) is 0 Å². The van der Waals surface area contributed by atoms with Gasteiger partial charge in [0.05, 0.1) is 6.61 Å². The van der Waals surface area contributed by atoms with E-state index >= 15 is 0 Å². The van der Waals surface area contributed by atoms with E-state index < -0.39 is 0 Å². The Morgan fingerprint density at radius 3 is 2.67 bits per heavy atom. The van der Waals surface area contributed by atoms with E-state index in [-0.39, 0.29) is 0 Å². The van der Waals surface area contributed by atoms with Crippen LogP contribution in [0, 0.1) is 0 Å². The third-order valence-electron chi connectivity index (χ3n) is 3.23. The van der Waals surface area contributed by atoms with Gasteiger partial charge in [-0.25, -0.2) is 0 Å². The Hall–Kier alpha value is -0.120. The van der Waals surface area contributed by atoms with E-state index in [1.54, 1.807) is 0 Å². The molecule has 2 rings (SSSR count). The predicted octanol–water partition coefficient (Wildman–Crippen LogP) is 1.24. The first kappa shape index (κ1) is 11.4. The van der Waals surface area contributed by atoms with Crippen molar-refractivity contribution in [2.45, 2.75) is 38.1 Å². The zero-order chi connectivity index (χ0) is 10.3. The van der Waals surface area contributed by atoms with Crippen LogP contribution >= 0.6 is 0 Å². The van der Waals surface area contributed by atoms with Gasteiger partial charge in [0.2, 0.25) is 0 Å². The zero-order valence-electron chi connectivity index (χ0n) is 9.71. The molecule has 0 aromatic rings. The van der Waals surface area contributed by atoms with Crippen molar-refractivity contribution in [3.05, 3.63) is 0 Å². The maximum atomic E-state index is 5.62. The van der Waals surface area contributed by atoms with Gasteiger partial charge in [-0.3, -0.25) is 0 Å². The molecule has 0 atom stereocenters. The molecule has 1 N–H and O–H groups in total. The minimum Gasteiger partial charge on any atom is -0.380 e. The van der Waals surface area contributed by atoms with Gasteiger partial charge in [0.25, 0.3) is 0 Å². The normalized spacial score (nSPS) is 22.4. The van der Waals surface area contributed by atoms with Gasteiger partial charge in [0.1, 0.15) is 0 Å². The van der Waals surface area contributed by atoms with Crippen LogP contribution in [0.1, 0.15) is 32.1 Å². The van der Waals surface area contributed by atoms with Crippen molar-refractivity contribution < 1.29 is 4.74 Å². The molecule has 88 valence electrons. The van der Waals surface area contributed by atoms with Crippen LogP contribution in [-0.4, -0.2) is 50.3 Å². The van der Waals surface area contributed by atoms with Gasteiger partial charge in [0.15, 0.2) is 0 Å². The summed E-state index contributed by atoms with van der Waals surface area (Å²) in [7, 11) is 0. The zero-order valence-corrected chi connectivity index (χ0v) is 9.71. The van der Waals surface area contributed by atoms with Crippen molar-refractivity contribution in [2.24, 2.45) is 0 Å². The Labute approximate surface area is 93.2 Å². The van der Waals surface area contributed by atoms with Gasteiger partial charge >= 0.3 is 0 Å². The molecule has 1 saturated heterocycles. The molecule has 3 nitrogen and oxygen atoms in total. The lowest BCUT2D eigenvalue weighted by Gasteiger charge is -2.14. The summed E-state index contributed by atoms with van der Waals surface area (Å²) in [5, 5.41) is 3.50. The summed E-state index contributed by atoms with van der Waals surface area (Å²) in [6.45, 7) is 6.68. The molecule has 3 heteroatoms. The van der Waals surface area contributed by atoms with Crippen molar-refractivity contribution in [1.29, 1.82) is 0 Å². The van der Waals surface area contributed by atoms with E-state index in [0.717, 1.165) is 38.8 Å². The largest absolute Gasteiger partial charge is 0.380 e. The maximum Gasteiger partial charge on any atom is 0.0593 e. The van der Waals surface area contributed by atoms with Crippen LogP contribution in [-0.2, 0) is 4.74 Å². The second-order valence-corrected chi connectivity index (χ2v) is 4.74. The average Bonchev–Trinajstić information content (AvgIpc) is 2.92. The molecular weight excluding hydrogens is 188 g/mol.